The van der Waals surface area contributed by atoms with E-state index in [0.29, 0.717) is 42.9 Å². The van der Waals surface area contributed by atoms with Crippen LogP contribution in [0.1, 0.15) is 23.2 Å². The summed E-state index contributed by atoms with van der Waals surface area (Å²) in [5.74, 6) is 0.302. The normalized spacial score (nSPS) is 10.8. The number of H-pyrrole nitrogens is 1. The average Bonchev–Trinajstić information content (AvgIpc) is 3.32. The van der Waals surface area contributed by atoms with Crippen molar-refractivity contribution in [3.05, 3.63) is 77.6 Å². The van der Waals surface area contributed by atoms with Crippen LogP contribution >= 0.6 is 0 Å². The number of carbonyl (C=O) groups is 1. The highest BCUT2D eigenvalue weighted by molar-refractivity contribution is 5.88. The van der Waals surface area contributed by atoms with E-state index in [1.54, 1.807) is 4.68 Å². The molecule has 150 valence electrons. The number of hydrogen-bond donors (Lipinski definition) is 3. The van der Waals surface area contributed by atoms with Gasteiger partial charge in [-0.3, -0.25) is 4.79 Å². The highest BCUT2D eigenvalue weighted by atomic mass is 16.1. The monoisotopic (exact) mass is 398 g/mol. The zero-order valence-electron chi connectivity index (χ0n) is 16.4. The summed E-state index contributed by atoms with van der Waals surface area (Å²) in [7, 11) is 0. The molecule has 0 bridgehead atoms. The molecule has 1 amide bonds. The third-order valence-electron chi connectivity index (χ3n) is 5.04. The number of rotatable bonds is 7. The molecule has 0 unspecified atom stereocenters. The highest BCUT2D eigenvalue weighted by Crippen LogP contribution is 2.21. The Bertz CT molecular complexity index is 1220. The van der Waals surface area contributed by atoms with Gasteiger partial charge in [-0.05, 0) is 36.6 Å². The average molecular weight is 398 g/mol. The molecule has 0 aliphatic heterocycles. The van der Waals surface area contributed by atoms with E-state index in [1.807, 2.05) is 60.8 Å². The zero-order chi connectivity index (χ0) is 20.9. The number of aromatic amines is 1. The molecule has 0 fully saturated rings. The molecule has 2 heterocycles. The number of amides is 1. The molecule has 0 aliphatic carbocycles. The van der Waals surface area contributed by atoms with Crippen molar-refractivity contribution in [1.29, 1.82) is 5.26 Å². The first-order valence-electron chi connectivity index (χ1n) is 9.82. The Morgan fingerprint density at radius 2 is 1.93 bits per heavy atom. The van der Waals surface area contributed by atoms with Crippen molar-refractivity contribution in [2.24, 2.45) is 0 Å². The van der Waals surface area contributed by atoms with Gasteiger partial charge in [0.25, 0.3) is 0 Å². The fourth-order valence-corrected chi connectivity index (χ4v) is 3.54. The van der Waals surface area contributed by atoms with Crippen LogP contribution in [0.5, 0.6) is 0 Å². The number of benzene rings is 2. The topological polar surface area (TPSA) is 113 Å². The Morgan fingerprint density at radius 3 is 2.73 bits per heavy atom. The van der Waals surface area contributed by atoms with Crippen molar-refractivity contribution in [3.63, 3.8) is 0 Å². The first kappa shape index (κ1) is 19.3. The first-order valence-corrected chi connectivity index (χ1v) is 9.82. The molecular formula is C23H22N6O. The number of aryl methyl sites for hydroxylation is 1. The summed E-state index contributed by atoms with van der Waals surface area (Å²) < 4.78 is 1.59. The van der Waals surface area contributed by atoms with E-state index in [-0.39, 0.29) is 5.91 Å². The van der Waals surface area contributed by atoms with Crippen LogP contribution in [-0.4, -0.2) is 27.2 Å². The summed E-state index contributed by atoms with van der Waals surface area (Å²) in [6.07, 6.45) is 3.42. The van der Waals surface area contributed by atoms with Gasteiger partial charge in [-0.1, -0.05) is 36.4 Å². The number of nitriles is 1. The SMILES string of the molecule is N#Cc1c(CCCNC(=O)Cc2c[nH]c3ccccc23)nn(-c2ccccc2)c1N. The number of fused-ring (bicyclic) bond motifs is 1. The number of nitrogens with zero attached hydrogens (tertiary/aromatic N) is 3. The van der Waals surface area contributed by atoms with Crippen molar-refractivity contribution in [2.75, 3.05) is 12.3 Å². The standard InChI is InChI=1S/C23H22N6O/c24-14-19-21(28-29(23(19)25)17-7-2-1-3-8-17)11-6-12-26-22(30)13-16-15-27-20-10-5-4-9-18(16)20/h1-5,7-10,15,27H,6,11-13,25H2,(H,26,30). The predicted molar refractivity (Wildman–Crippen MR) is 116 cm³/mol. The second kappa shape index (κ2) is 8.53. The minimum atomic E-state index is -0.0328. The third kappa shape index (κ3) is 3.89. The number of para-hydroxylation sites is 2. The van der Waals surface area contributed by atoms with E-state index in [4.69, 9.17) is 5.73 Å². The van der Waals surface area contributed by atoms with Gasteiger partial charge in [0.1, 0.15) is 17.5 Å². The lowest BCUT2D eigenvalue weighted by Crippen LogP contribution is -2.26. The number of aromatic nitrogens is 3. The van der Waals surface area contributed by atoms with Crippen molar-refractivity contribution in [1.82, 2.24) is 20.1 Å². The van der Waals surface area contributed by atoms with Crippen LogP contribution in [-0.2, 0) is 17.6 Å². The molecule has 0 radical (unpaired) electrons. The maximum absolute atomic E-state index is 12.3. The minimum Gasteiger partial charge on any atom is -0.382 e. The van der Waals surface area contributed by atoms with Crippen molar-refractivity contribution in [2.45, 2.75) is 19.3 Å². The van der Waals surface area contributed by atoms with E-state index >= 15 is 0 Å². The maximum atomic E-state index is 12.3. The van der Waals surface area contributed by atoms with Gasteiger partial charge in [0.05, 0.1) is 17.8 Å². The summed E-state index contributed by atoms with van der Waals surface area (Å²) >= 11 is 0. The molecule has 0 saturated carbocycles. The lowest BCUT2D eigenvalue weighted by atomic mass is 10.1. The van der Waals surface area contributed by atoms with Gasteiger partial charge in [-0.25, -0.2) is 4.68 Å². The van der Waals surface area contributed by atoms with Gasteiger partial charge in [0, 0.05) is 23.6 Å². The van der Waals surface area contributed by atoms with Crippen LogP contribution in [0.3, 0.4) is 0 Å². The summed E-state index contributed by atoms with van der Waals surface area (Å²) in [6, 6.07) is 19.5. The Morgan fingerprint density at radius 1 is 1.17 bits per heavy atom. The lowest BCUT2D eigenvalue weighted by molar-refractivity contribution is -0.120. The zero-order valence-corrected chi connectivity index (χ0v) is 16.4. The molecule has 4 rings (SSSR count). The van der Waals surface area contributed by atoms with Crippen LogP contribution in [0, 0.1) is 11.3 Å². The van der Waals surface area contributed by atoms with E-state index in [2.05, 4.69) is 21.5 Å². The van der Waals surface area contributed by atoms with Gasteiger partial charge in [-0.2, -0.15) is 10.4 Å². The van der Waals surface area contributed by atoms with Crippen molar-refractivity contribution >= 4 is 22.6 Å². The van der Waals surface area contributed by atoms with Crippen LogP contribution in [0.2, 0.25) is 0 Å². The molecule has 0 atom stereocenters. The quantitative estimate of drug-likeness (QED) is 0.415. The summed E-state index contributed by atoms with van der Waals surface area (Å²) in [5.41, 5.74) is 9.97. The Hall–Kier alpha value is -4.05. The molecule has 2 aromatic heterocycles. The first-order chi connectivity index (χ1) is 14.7. The lowest BCUT2D eigenvalue weighted by Gasteiger charge is -2.04. The van der Waals surface area contributed by atoms with Crippen LogP contribution in [0.25, 0.3) is 16.6 Å². The number of carbonyl (C=O) groups excluding carboxylic acids is 1. The van der Waals surface area contributed by atoms with E-state index in [9.17, 15) is 10.1 Å². The second-order valence-electron chi connectivity index (χ2n) is 7.06. The molecule has 7 heteroatoms. The van der Waals surface area contributed by atoms with E-state index in [1.165, 1.54) is 0 Å². The number of anilines is 1. The van der Waals surface area contributed by atoms with Crippen LogP contribution in [0.15, 0.2) is 60.8 Å². The number of hydrogen-bond acceptors (Lipinski definition) is 4. The van der Waals surface area contributed by atoms with E-state index < -0.39 is 0 Å². The van der Waals surface area contributed by atoms with Crippen molar-refractivity contribution in [3.8, 4) is 11.8 Å². The van der Waals surface area contributed by atoms with Gasteiger partial charge >= 0.3 is 0 Å². The van der Waals surface area contributed by atoms with E-state index in [0.717, 1.165) is 22.2 Å². The summed E-state index contributed by atoms with van der Waals surface area (Å²) in [4.78, 5) is 15.5. The van der Waals surface area contributed by atoms with Crippen LogP contribution < -0.4 is 11.1 Å². The van der Waals surface area contributed by atoms with Crippen LogP contribution in [0.4, 0.5) is 5.82 Å². The Balaban J connectivity index is 1.34. The number of nitrogens with two attached hydrogens (primary N) is 1. The second-order valence-corrected chi connectivity index (χ2v) is 7.06. The Labute approximate surface area is 174 Å². The molecule has 0 aliphatic rings. The van der Waals surface area contributed by atoms with Gasteiger partial charge in [0.15, 0.2) is 0 Å². The maximum Gasteiger partial charge on any atom is 0.224 e. The highest BCUT2D eigenvalue weighted by Gasteiger charge is 2.16. The predicted octanol–water partition coefficient (Wildman–Crippen LogP) is 3.10. The summed E-state index contributed by atoms with van der Waals surface area (Å²) in [5, 5.41) is 18.0. The molecule has 4 N–H and O–H groups in total. The molecule has 7 nitrogen and oxygen atoms in total. The molecule has 4 aromatic rings. The number of nitrogens with one attached hydrogen (secondary N) is 2. The third-order valence-corrected chi connectivity index (χ3v) is 5.04. The fraction of sp³-hybridized carbons (Fsp3) is 0.174. The fourth-order valence-electron chi connectivity index (χ4n) is 3.54. The molecular weight excluding hydrogens is 376 g/mol. The summed E-state index contributed by atoms with van der Waals surface area (Å²) in [6.45, 7) is 0.504. The largest absolute Gasteiger partial charge is 0.382 e. The van der Waals surface area contributed by atoms with Gasteiger partial charge in [-0.15, -0.1) is 0 Å². The van der Waals surface area contributed by atoms with Crippen molar-refractivity contribution < 1.29 is 4.79 Å². The molecule has 2 aromatic carbocycles. The number of nitrogen functional groups attached to an aromatic ring is 1. The Kier molecular flexibility index (Phi) is 5.48. The smallest absolute Gasteiger partial charge is 0.224 e. The molecule has 0 saturated heterocycles. The minimum absolute atomic E-state index is 0.0328. The van der Waals surface area contributed by atoms with Gasteiger partial charge < -0.3 is 16.0 Å². The molecule has 0 spiro atoms. The molecule has 30 heavy (non-hydrogen) atoms. The van der Waals surface area contributed by atoms with Gasteiger partial charge in [0.2, 0.25) is 5.91 Å².